The van der Waals surface area contributed by atoms with Gasteiger partial charge in [-0.3, -0.25) is 4.79 Å². The number of ketones is 1. The van der Waals surface area contributed by atoms with Crippen LogP contribution in [0.4, 0.5) is 5.69 Å². The fourth-order valence-electron chi connectivity index (χ4n) is 1.94. The van der Waals surface area contributed by atoms with Gasteiger partial charge in [-0.05, 0) is 48.0 Å². The van der Waals surface area contributed by atoms with Crippen molar-refractivity contribution in [2.24, 2.45) is 0 Å². The number of carbonyl (C=O) groups is 1. The van der Waals surface area contributed by atoms with Crippen molar-refractivity contribution in [2.45, 2.75) is 0 Å². The molecule has 0 radical (unpaired) electrons. The molecule has 2 rings (SSSR count). The molecule has 0 saturated heterocycles. The molecule has 108 valence electrons. The molecule has 0 aliphatic rings. The van der Waals surface area contributed by atoms with E-state index in [1.807, 2.05) is 67.5 Å². The maximum atomic E-state index is 12.1. The maximum absolute atomic E-state index is 12.1. The summed E-state index contributed by atoms with van der Waals surface area (Å²) < 4.78 is 5.16. The zero-order chi connectivity index (χ0) is 15.2. The Kier molecular flexibility index (Phi) is 4.77. The number of benzene rings is 2. The highest BCUT2D eigenvalue weighted by Crippen LogP contribution is 2.15. The lowest BCUT2D eigenvalue weighted by molar-refractivity contribution is 0.104. The van der Waals surface area contributed by atoms with Crippen LogP contribution in [0.25, 0.3) is 6.08 Å². The van der Waals surface area contributed by atoms with Crippen molar-refractivity contribution >= 4 is 17.5 Å². The van der Waals surface area contributed by atoms with Gasteiger partial charge >= 0.3 is 0 Å². The monoisotopic (exact) mass is 281 g/mol. The van der Waals surface area contributed by atoms with Gasteiger partial charge in [-0.2, -0.15) is 0 Å². The van der Waals surface area contributed by atoms with Crippen LogP contribution in [0.2, 0.25) is 0 Å². The molecule has 0 aliphatic carbocycles. The molecule has 0 aliphatic heterocycles. The number of methoxy groups -OCH3 is 1. The Bertz CT molecular complexity index is 643. The molecule has 0 atom stereocenters. The van der Waals surface area contributed by atoms with E-state index in [-0.39, 0.29) is 5.78 Å². The fraction of sp³-hybridized carbons (Fsp3) is 0.167. The molecule has 2 aromatic rings. The minimum absolute atomic E-state index is 0.0110. The molecule has 0 aromatic heterocycles. The lowest BCUT2D eigenvalue weighted by atomic mass is 10.1. The first-order valence-corrected chi connectivity index (χ1v) is 6.74. The summed E-state index contributed by atoms with van der Waals surface area (Å²) in [4.78, 5) is 14.1. The Morgan fingerprint density at radius 1 is 1.10 bits per heavy atom. The highest BCUT2D eigenvalue weighted by atomic mass is 16.5. The van der Waals surface area contributed by atoms with Gasteiger partial charge in [0.05, 0.1) is 7.11 Å². The zero-order valence-corrected chi connectivity index (χ0v) is 12.5. The van der Waals surface area contributed by atoms with E-state index in [0.717, 1.165) is 17.0 Å². The third kappa shape index (κ3) is 3.96. The van der Waals surface area contributed by atoms with E-state index in [4.69, 9.17) is 4.74 Å². The highest BCUT2D eigenvalue weighted by molar-refractivity contribution is 6.07. The number of rotatable bonds is 5. The summed E-state index contributed by atoms with van der Waals surface area (Å²) in [5.74, 6) is 0.767. The first kappa shape index (κ1) is 14.9. The molecule has 0 spiro atoms. The zero-order valence-electron chi connectivity index (χ0n) is 12.5. The van der Waals surface area contributed by atoms with E-state index < -0.39 is 0 Å². The van der Waals surface area contributed by atoms with Gasteiger partial charge in [0, 0.05) is 25.3 Å². The third-order valence-corrected chi connectivity index (χ3v) is 3.19. The second-order valence-corrected chi connectivity index (χ2v) is 4.92. The van der Waals surface area contributed by atoms with Crippen molar-refractivity contribution in [3.63, 3.8) is 0 Å². The van der Waals surface area contributed by atoms with Crippen LogP contribution >= 0.6 is 0 Å². The molecular weight excluding hydrogens is 262 g/mol. The Morgan fingerprint density at radius 3 is 2.43 bits per heavy atom. The fourth-order valence-corrected chi connectivity index (χ4v) is 1.94. The lowest BCUT2D eigenvalue weighted by Gasteiger charge is -2.11. The smallest absolute Gasteiger partial charge is 0.185 e. The Morgan fingerprint density at radius 2 is 1.81 bits per heavy atom. The van der Waals surface area contributed by atoms with Gasteiger partial charge in [0.2, 0.25) is 0 Å². The van der Waals surface area contributed by atoms with Crippen molar-refractivity contribution in [3.05, 3.63) is 65.7 Å². The standard InChI is InChI=1S/C18H19NO2/c1-19(2)16-10-8-15(9-11-16)18(20)12-7-14-5-4-6-17(13-14)21-3/h4-13H,1-3H3. The largest absolute Gasteiger partial charge is 0.497 e. The molecular formula is C18H19NO2. The Hall–Kier alpha value is -2.55. The summed E-state index contributed by atoms with van der Waals surface area (Å²) >= 11 is 0. The van der Waals surface area contributed by atoms with E-state index in [0.29, 0.717) is 5.56 Å². The van der Waals surface area contributed by atoms with Crippen LogP contribution < -0.4 is 9.64 Å². The van der Waals surface area contributed by atoms with E-state index in [9.17, 15) is 4.79 Å². The highest BCUT2D eigenvalue weighted by Gasteiger charge is 2.02. The van der Waals surface area contributed by atoms with Gasteiger partial charge in [0.15, 0.2) is 5.78 Å². The minimum atomic E-state index is -0.0110. The first-order chi connectivity index (χ1) is 10.1. The minimum Gasteiger partial charge on any atom is -0.497 e. The maximum Gasteiger partial charge on any atom is 0.185 e. The van der Waals surface area contributed by atoms with E-state index in [1.54, 1.807) is 19.3 Å². The predicted molar refractivity (Wildman–Crippen MR) is 87.1 cm³/mol. The normalized spacial score (nSPS) is 10.6. The predicted octanol–water partition coefficient (Wildman–Crippen LogP) is 3.66. The van der Waals surface area contributed by atoms with Crippen molar-refractivity contribution < 1.29 is 9.53 Å². The molecule has 0 bridgehead atoms. The first-order valence-electron chi connectivity index (χ1n) is 6.74. The van der Waals surface area contributed by atoms with Crippen molar-refractivity contribution in [1.29, 1.82) is 0 Å². The Labute approximate surface area is 125 Å². The number of anilines is 1. The molecule has 3 heteroatoms. The number of hydrogen-bond donors (Lipinski definition) is 0. The third-order valence-electron chi connectivity index (χ3n) is 3.19. The lowest BCUT2D eigenvalue weighted by Crippen LogP contribution is -2.08. The van der Waals surface area contributed by atoms with Crippen LogP contribution in [0.1, 0.15) is 15.9 Å². The molecule has 0 heterocycles. The number of allylic oxidation sites excluding steroid dienone is 1. The quantitative estimate of drug-likeness (QED) is 0.619. The summed E-state index contributed by atoms with van der Waals surface area (Å²) in [5, 5.41) is 0. The topological polar surface area (TPSA) is 29.5 Å². The van der Waals surface area contributed by atoms with Crippen molar-refractivity contribution in [3.8, 4) is 5.75 Å². The average Bonchev–Trinajstić information content (AvgIpc) is 2.53. The molecule has 0 unspecified atom stereocenters. The summed E-state index contributed by atoms with van der Waals surface area (Å²) in [7, 11) is 5.57. The molecule has 0 amide bonds. The SMILES string of the molecule is COc1cccc(C=CC(=O)c2ccc(N(C)C)cc2)c1. The van der Waals surface area contributed by atoms with Crippen LogP contribution in [-0.2, 0) is 0 Å². The molecule has 0 N–H and O–H groups in total. The molecule has 0 fully saturated rings. The summed E-state index contributed by atoms with van der Waals surface area (Å²) in [6, 6.07) is 15.1. The number of ether oxygens (including phenoxy) is 1. The second kappa shape index (κ2) is 6.75. The molecule has 0 saturated carbocycles. The number of hydrogen-bond acceptors (Lipinski definition) is 3. The van der Waals surface area contributed by atoms with Gasteiger partial charge in [0.1, 0.15) is 5.75 Å². The van der Waals surface area contributed by atoms with Crippen molar-refractivity contribution in [1.82, 2.24) is 0 Å². The van der Waals surface area contributed by atoms with Gasteiger partial charge in [-0.25, -0.2) is 0 Å². The van der Waals surface area contributed by atoms with E-state index in [2.05, 4.69) is 0 Å². The Balaban J connectivity index is 2.11. The van der Waals surface area contributed by atoms with E-state index in [1.165, 1.54) is 0 Å². The number of nitrogens with zero attached hydrogens (tertiary/aromatic N) is 1. The summed E-state index contributed by atoms with van der Waals surface area (Å²) in [6.07, 6.45) is 3.38. The average molecular weight is 281 g/mol. The molecule has 21 heavy (non-hydrogen) atoms. The van der Waals surface area contributed by atoms with Gasteiger partial charge in [0.25, 0.3) is 0 Å². The van der Waals surface area contributed by atoms with Crippen LogP contribution in [0.3, 0.4) is 0 Å². The second-order valence-electron chi connectivity index (χ2n) is 4.92. The van der Waals surface area contributed by atoms with Crippen LogP contribution in [0.5, 0.6) is 5.75 Å². The number of carbonyl (C=O) groups excluding carboxylic acids is 1. The van der Waals surface area contributed by atoms with E-state index >= 15 is 0 Å². The van der Waals surface area contributed by atoms with Gasteiger partial charge < -0.3 is 9.64 Å². The molecule has 2 aromatic carbocycles. The summed E-state index contributed by atoms with van der Waals surface area (Å²) in [6.45, 7) is 0. The van der Waals surface area contributed by atoms with Crippen LogP contribution in [0.15, 0.2) is 54.6 Å². The summed E-state index contributed by atoms with van der Waals surface area (Å²) in [5.41, 5.74) is 2.69. The van der Waals surface area contributed by atoms with Crippen molar-refractivity contribution in [2.75, 3.05) is 26.1 Å². The van der Waals surface area contributed by atoms with Crippen LogP contribution in [-0.4, -0.2) is 27.0 Å². The molecule has 3 nitrogen and oxygen atoms in total. The van der Waals surface area contributed by atoms with Gasteiger partial charge in [-0.15, -0.1) is 0 Å². The van der Waals surface area contributed by atoms with Gasteiger partial charge in [-0.1, -0.05) is 18.2 Å². The van der Waals surface area contributed by atoms with Crippen LogP contribution in [0, 0.1) is 0 Å².